The van der Waals surface area contributed by atoms with Gasteiger partial charge in [-0.15, -0.1) is 0 Å². The Labute approximate surface area is 300 Å². The van der Waals surface area contributed by atoms with Gasteiger partial charge in [-0.05, 0) is 38.0 Å². The lowest BCUT2D eigenvalue weighted by Gasteiger charge is -2.68. The van der Waals surface area contributed by atoms with Crippen LogP contribution in [0.2, 0.25) is 0 Å². The highest BCUT2D eigenvalue weighted by Gasteiger charge is 3.02. The number of hydrogen-bond acceptors (Lipinski definition) is 15. The van der Waals surface area contributed by atoms with Gasteiger partial charge in [0.2, 0.25) is 5.79 Å². The van der Waals surface area contributed by atoms with E-state index in [2.05, 4.69) is 0 Å². The van der Waals surface area contributed by atoms with Crippen LogP contribution < -0.4 is 0 Å². The summed E-state index contributed by atoms with van der Waals surface area (Å²) in [5.41, 5.74) is -8.97. The molecular weight excluding hydrogens is 684 g/mol. The number of epoxide rings is 2. The Morgan fingerprint density at radius 1 is 0.846 bits per heavy atom. The first-order valence-corrected chi connectivity index (χ1v) is 18.4. The van der Waals surface area contributed by atoms with Crippen LogP contribution in [0.3, 0.4) is 0 Å². The van der Waals surface area contributed by atoms with Gasteiger partial charge in [-0.3, -0.25) is 19.2 Å². The highest BCUT2D eigenvalue weighted by Crippen LogP contribution is 2.93. The molecular formula is C37H48O15. The van der Waals surface area contributed by atoms with Gasteiger partial charge in [-0.25, -0.2) is 4.79 Å². The Kier molecular flexibility index (Phi) is 6.50. The van der Waals surface area contributed by atoms with E-state index in [0.29, 0.717) is 6.42 Å². The molecule has 0 radical (unpaired) electrons. The van der Waals surface area contributed by atoms with Gasteiger partial charge in [0.15, 0.2) is 5.60 Å². The van der Waals surface area contributed by atoms with Crippen LogP contribution >= 0.6 is 0 Å². The van der Waals surface area contributed by atoms with E-state index in [1.807, 2.05) is 20.8 Å². The lowest BCUT2D eigenvalue weighted by molar-refractivity contribution is -0.302. The van der Waals surface area contributed by atoms with E-state index in [-0.39, 0.29) is 12.5 Å². The molecule has 0 amide bonds. The van der Waals surface area contributed by atoms with Crippen LogP contribution in [0, 0.1) is 57.2 Å². The Morgan fingerprint density at radius 2 is 1.42 bits per heavy atom. The zero-order valence-corrected chi connectivity index (χ0v) is 30.7. The number of fused-ring (bicyclic) bond motifs is 7. The van der Waals surface area contributed by atoms with Crippen molar-refractivity contribution in [2.24, 2.45) is 57.2 Å². The number of carbonyl (C=O) groups is 5. The average molecular weight is 733 g/mol. The van der Waals surface area contributed by atoms with E-state index < -0.39 is 147 Å². The molecule has 3 saturated heterocycles. The lowest BCUT2D eigenvalue weighted by atomic mass is 9.35. The molecule has 1 spiro atoms. The van der Waals surface area contributed by atoms with Crippen molar-refractivity contribution in [3.63, 3.8) is 0 Å². The highest BCUT2D eigenvalue weighted by molar-refractivity contribution is 5.85. The zero-order valence-electron chi connectivity index (χ0n) is 30.7. The largest absolute Gasteiger partial charge is 0.459 e. The fourth-order valence-corrected chi connectivity index (χ4v) is 15.0. The predicted molar refractivity (Wildman–Crippen MR) is 169 cm³/mol. The van der Waals surface area contributed by atoms with Gasteiger partial charge < -0.3 is 48.5 Å². The van der Waals surface area contributed by atoms with Crippen LogP contribution in [-0.2, 0) is 57.1 Å². The van der Waals surface area contributed by atoms with Gasteiger partial charge in [0.05, 0.1) is 23.2 Å². The van der Waals surface area contributed by atoms with Crippen LogP contribution in [0.15, 0.2) is 0 Å². The number of ether oxygens (including phenoxy) is 7. The summed E-state index contributed by atoms with van der Waals surface area (Å²) < 4.78 is 42.9. The standard InChI is InChI=1S/C37H48O15/c1-12-26-37(51-26)33(8,34(9,44)30(43)52-37)29-35(12)11-36(29,45)25-19-20(24(47-14(3)39)28(32(25,35)7)49-16(5)41)31(6)17(22(21(19)42)46-13(2)38)10-18-23(50-18)27(31)48-15(4)40/h12,17-29,42,44-45H,10-11H2,1-9H3/t12-,17-,18+,19+,20-,21-,22+,23+,24+,25+,26-,27+,28+,29+,31+,32-,33+,34-,35+,36+,37+/m1/s1. The van der Waals surface area contributed by atoms with Crippen molar-refractivity contribution in [2.45, 2.75) is 141 Å². The van der Waals surface area contributed by atoms with Gasteiger partial charge in [0.25, 0.3) is 0 Å². The minimum Gasteiger partial charge on any atom is -0.459 e. The summed E-state index contributed by atoms with van der Waals surface area (Å²) in [5.74, 6) is -10.0. The van der Waals surface area contributed by atoms with Crippen LogP contribution in [0.4, 0.5) is 0 Å². The SMILES string of the molecule is CC(=O)O[C@@H]1[C@H](O)[C@@H]2[C@H]([C@H](OC(C)=O)[C@H](OC(C)=O)[C@@]3(C)[C@H]2[C@@]2(O)C[C@@]34[C@H](C)[C@H]3O[C@]35OC(=O)[C@@](C)(O)[C@]5(C)[C@H]24)[C@]2(C)[C@@H]1C[C@@H]1O[C@@H]1[C@@H]2OC(C)=O. The minimum atomic E-state index is -2.12. The van der Waals surface area contributed by atoms with E-state index in [9.17, 15) is 39.3 Å². The second-order valence-electron chi connectivity index (χ2n) is 18.2. The van der Waals surface area contributed by atoms with Gasteiger partial charge in [-0.1, -0.05) is 20.8 Å². The molecule has 6 aliphatic carbocycles. The number of hydrogen-bond donors (Lipinski definition) is 3. The number of aliphatic hydroxyl groups is 3. The van der Waals surface area contributed by atoms with Crippen LogP contribution in [0.25, 0.3) is 0 Å². The van der Waals surface area contributed by atoms with Gasteiger partial charge in [0.1, 0.15) is 36.6 Å². The maximum atomic E-state index is 13.5. The second-order valence-corrected chi connectivity index (χ2v) is 18.2. The summed E-state index contributed by atoms with van der Waals surface area (Å²) >= 11 is 0. The van der Waals surface area contributed by atoms with Crippen molar-refractivity contribution in [3.05, 3.63) is 0 Å². The minimum absolute atomic E-state index is 0.114. The molecule has 0 aromatic heterocycles. The summed E-state index contributed by atoms with van der Waals surface area (Å²) in [4.78, 5) is 65.5. The summed E-state index contributed by atoms with van der Waals surface area (Å²) in [5, 5.41) is 38.3. The van der Waals surface area contributed by atoms with Crippen molar-refractivity contribution in [2.75, 3.05) is 0 Å². The molecule has 0 unspecified atom stereocenters. The molecule has 52 heavy (non-hydrogen) atoms. The first kappa shape index (κ1) is 34.9. The third-order valence-corrected chi connectivity index (χ3v) is 16.5. The maximum absolute atomic E-state index is 13.5. The summed E-state index contributed by atoms with van der Waals surface area (Å²) in [6.07, 6.45) is -7.20. The first-order valence-electron chi connectivity index (χ1n) is 18.4. The van der Waals surface area contributed by atoms with Gasteiger partial charge >= 0.3 is 29.8 Å². The third kappa shape index (κ3) is 3.39. The molecule has 15 nitrogen and oxygen atoms in total. The Hall–Kier alpha value is -2.85. The molecule has 2 bridgehead atoms. The highest BCUT2D eigenvalue weighted by atomic mass is 16.8. The summed E-state index contributed by atoms with van der Waals surface area (Å²) in [6.45, 7) is 13.7. The molecule has 9 rings (SSSR count). The summed E-state index contributed by atoms with van der Waals surface area (Å²) in [6, 6.07) is 0. The molecule has 15 heteroatoms. The Morgan fingerprint density at radius 3 is 2.02 bits per heavy atom. The molecule has 9 aliphatic rings. The number of carbonyl (C=O) groups excluding carboxylic acids is 5. The second kappa shape index (κ2) is 9.68. The molecule has 0 aromatic carbocycles. The molecule has 0 aromatic rings. The van der Waals surface area contributed by atoms with Crippen molar-refractivity contribution in [1.82, 2.24) is 0 Å². The monoisotopic (exact) mass is 732 g/mol. The predicted octanol–water partition coefficient (Wildman–Crippen LogP) is 0.560. The van der Waals surface area contributed by atoms with E-state index in [4.69, 9.17) is 33.2 Å². The molecule has 3 N–H and O–H groups in total. The Balaban J connectivity index is 1.33. The van der Waals surface area contributed by atoms with Gasteiger partial charge in [0, 0.05) is 68.1 Å². The molecule has 286 valence electrons. The quantitative estimate of drug-likeness (QED) is 0.204. The van der Waals surface area contributed by atoms with Crippen molar-refractivity contribution < 1.29 is 72.5 Å². The fraction of sp³-hybridized carbons (Fsp3) is 0.865. The van der Waals surface area contributed by atoms with Crippen LogP contribution in [0.5, 0.6) is 0 Å². The first-order chi connectivity index (χ1) is 24.0. The molecule has 6 saturated carbocycles. The topological polar surface area (TPSA) is 217 Å². The fourth-order valence-electron chi connectivity index (χ4n) is 15.0. The van der Waals surface area contributed by atoms with Crippen molar-refractivity contribution in [3.8, 4) is 0 Å². The molecule has 3 aliphatic heterocycles. The lowest BCUT2D eigenvalue weighted by Crippen LogP contribution is -2.76. The van der Waals surface area contributed by atoms with E-state index in [0.717, 1.165) is 0 Å². The van der Waals surface area contributed by atoms with Crippen LogP contribution in [-0.4, -0.2) is 111 Å². The van der Waals surface area contributed by atoms with E-state index >= 15 is 0 Å². The Bertz CT molecular complexity index is 1730. The molecule has 3 heterocycles. The average Bonchev–Trinajstić information content (AvgIpc) is 3.91. The number of esters is 5. The van der Waals surface area contributed by atoms with Crippen molar-refractivity contribution in [1.29, 1.82) is 0 Å². The molecule has 21 atom stereocenters. The summed E-state index contributed by atoms with van der Waals surface area (Å²) in [7, 11) is 0. The maximum Gasteiger partial charge on any atom is 0.341 e. The normalized spacial score (nSPS) is 60.7. The smallest absolute Gasteiger partial charge is 0.341 e. The van der Waals surface area contributed by atoms with Crippen LogP contribution in [0.1, 0.15) is 75.2 Å². The van der Waals surface area contributed by atoms with E-state index in [1.165, 1.54) is 34.6 Å². The zero-order chi connectivity index (χ0) is 37.8. The van der Waals surface area contributed by atoms with E-state index in [1.54, 1.807) is 6.92 Å². The van der Waals surface area contributed by atoms with Gasteiger partial charge in [-0.2, -0.15) is 0 Å². The third-order valence-electron chi connectivity index (χ3n) is 16.5. The number of rotatable bonds is 4. The van der Waals surface area contributed by atoms with Crippen molar-refractivity contribution >= 4 is 29.8 Å². The molecule has 9 fully saturated rings. The number of aliphatic hydroxyl groups excluding tert-OH is 1.